The molecule has 0 saturated heterocycles. The summed E-state index contributed by atoms with van der Waals surface area (Å²) in [5.41, 5.74) is 6.44. The molecule has 6 aliphatic rings. The van der Waals surface area contributed by atoms with Gasteiger partial charge in [-0.05, 0) is 136 Å². The van der Waals surface area contributed by atoms with Crippen molar-refractivity contribution in [1.82, 2.24) is 29.8 Å². The number of rotatable bonds is 11. The maximum Gasteiger partial charge on any atom is 0.359 e. The Balaban J connectivity index is 0.000000146. The van der Waals surface area contributed by atoms with Crippen LogP contribution in [0.15, 0.2) is 0 Å². The van der Waals surface area contributed by atoms with Crippen molar-refractivity contribution in [2.45, 2.75) is 143 Å². The van der Waals surface area contributed by atoms with E-state index in [2.05, 4.69) is 36.3 Å². The maximum atomic E-state index is 12.1. The van der Waals surface area contributed by atoms with Crippen LogP contribution in [0.3, 0.4) is 0 Å². The molecule has 19 heteroatoms. The maximum absolute atomic E-state index is 12.1. The van der Waals surface area contributed by atoms with Gasteiger partial charge >= 0.3 is 35.8 Å². The summed E-state index contributed by atoms with van der Waals surface area (Å²) in [7, 11) is 0. The highest BCUT2D eigenvalue weighted by Gasteiger charge is 2.52. The van der Waals surface area contributed by atoms with E-state index in [1.165, 1.54) is 11.1 Å². The van der Waals surface area contributed by atoms with Gasteiger partial charge in [0, 0.05) is 33.8 Å². The first-order valence-corrected chi connectivity index (χ1v) is 22.8. The van der Waals surface area contributed by atoms with Crippen LogP contribution >= 0.6 is 15.9 Å². The van der Waals surface area contributed by atoms with E-state index < -0.39 is 23.5 Å². The number of alkyl halides is 1. The minimum atomic E-state index is -0.948. The normalized spacial score (nSPS) is 21.9. The number of hydrogen-bond acceptors (Lipinski definition) is 14. The highest BCUT2D eigenvalue weighted by Crippen LogP contribution is 2.59. The highest BCUT2D eigenvalue weighted by molar-refractivity contribution is 9.09. The van der Waals surface area contributed by atoms with Gasteiger partial charge in [0.05, 0.1) is 19.8 Å². The number of esters is 5. The van der Waals surface area contributed by atoms with Crippen molar-refractivity contribution >= 4 is 51.7 Å². The van der Waals surface area contributed by atoms with Crippen molar-refractivity contribution < 1.29 is 57.6 Å². The van der Waals surface area contributed by atoms with Gasteiger partial charge in [0.25, 0.3) is 0 Å². The smallest absolute Gasteiger partial charge is 0.359 e. The fourth-order valence-electron chi connectivity index (χ4n) is 8.72. The fraction of sp³-hybridized carbons (Fsp3) is 0.659. The number of nitrogens with zero attached hydrogens (tertiary/aromatic N) is 5. The minimum Gasteiger partial charge on any atom is -0.480 e. The molecule has 0 aromatic carbocycles. The summed E-state index contributed by atoms with van der Waals surface area (Å²) in [6, 6.07) is 0. The second-order valence-electron chi connectivity index (χ2n) is 18.5. The summed E-state index contributed by atoms with van der Waals surface area (Å²) in [5, 5.41) is 24.6. The summed E-state index contributed by atoms with van der Waals surface area (Å²) < 4.78 is 28.3. The average molecular weight is 944 g/mol. The van der Waals surface area contributed by atoms with Gasteiger partial charge in [0.15, 0.2) is 17.1 Å². The Hall–Kier alpha value is -5.07. The number of carbonyl (C=O) groups excluding carboxylic acids is 5. The minimum absolute atomic E-state index is 0.0401. The van der Waals surface area contributed by atoms with Crippen LogP contribution in [-0.2, 0) is 70.4 Å². The Labute approximate surface area is 374 Å². The van der Waals surface area contributed by atoms with Crippen LogP contribution in [0.4, 0.5) is 0 Å². The molecule has 63 heavy (non-hydrogen) atoms. The van der Waals surface area contributed by atoms with E-state index in [9.17, 15) is 28.8 Å². The molecule has 6 aliphatic carbocycles. The predicted octanol–water partition coefficient (Wildman–Crippen LogP) is 5.83. The second kappa shape index (κ2) is 19.0. The summed E-state index contributed by atoms with van der Waals surface area (Å²) >= 11 is 2.99. The zero-order valence-corrected chi connectivity index (χ0v) is 39.1. The number of H-pyrrole nitrogens is 1. The van der Waals surface area contributed by atoms with E-state index in [0.717, 1.165) is 71.8 Å². The SMILES string of the molecule is CC(C)(C)OC(=O)CBr.CCOC(=O)c1n[nH]c2c1[C@@H]1C[C@@H]1C2.CCOC(=O)c1nn(CC(=O)O)c2c1[C@@H]1C[C@@H]1C2.CCOC(=O)c1nn(CC(=O)OC(C)(C)C)c2c1[C@@H]1C[C@@H]1C2. The van der Waals surface area contributed by atoms with Crippen molar-refractivity contribution in [3.8, 4) is 0 Å². The molecule has 2 N–H and O–H groups in total. The van der Waals surface area contributed by atoms with Crippen LogP contribution in [0.5, 0.6) is 0 Å². The number of aromatic nitrogens is 6. The molecule has 3 fully saturated rings. The van der Waals surface area contributed by atoms with Crippen LogP contribution < -0.4 is 0 Å². The van der Waals surface area contributed by atoms with E-state index in [-0.39, 0.29) is 41.9 Å². The molecule has 0 amide bonds. The van der Waals surface area contributed by atoms with Gasteiger partial charge in [0.1, 0.15) is 29.6 Å². The molecule has 18 nitrogen and oxygen atoms in total. The molecule has 0 aliphatic heterocycles. The van der Waals surface area contributed by atoms with E-state index in [0.29, 0.717) is 66.5 Å². The van der Waals surface area contributed by atoms with E-state index in [1.54, 1.807) is 18.5 Å². The van der Waals surface area contributed by atoms with Gasteiger partial charge in [-0.3, -0.25) is 28.8 Å². The van der Waals surface area contributed by atoms with Crippen molar-refractivity contribution in [3.05, 3.63) is 50.9 Å². The fourth-order valence-corrected chi connectivity index (χ4v) is 8.84. The van der Waals surface area contributed by atoms with Gasteiger partial charge in [0.2, 0.25) is 0 Å². The Bertz CT molecular complexity index is 2250. The van der Waals surface area contributed by atoms with Crippen LogP contribution in [0, 0.1) is 17.8 Å². The second-order valence-corrected chi connectivity index (χ2v) is 19.0. The molecule has 0 radical (unpaired) electrons. The van der Waals surface area contributed by atoms with Crippen molar-refractivity contribution in [3.63, 3.8) is 0 Å². The third-order valence-electron chi connectivity index (χ3n) is 11.3. The van der Waals surface area contributed by atoms with Crippen LogP contribution in [0.2, 0.25) is 0 Å². The number of aliphatic carboxylic acids is 1. The third-order valence-corrected chi connectivity index (χ3v) is 11.7. The first-order valence-electron chi connectivity index (χ1n) is 21.7. The first-order chi connectivity index (χ1) is 29.7. The van der Waals surface area contributed by atoms with Gasteiger partial charge < -0.3 is 28.8 Å². The van der Waals surface area contributed by atoms with Crippen molar-refractivity contribution in [2.75, 3.05) is 25.2 Å². The van der Waals surface area contributed by atoms with E-state index in [1.807, 2.05) is 48.5 Å². The lowest BCUT2D eigenvalue weighted by Crippen LogP contribution is -2.27. The number of hydrogen-bond donors (Lipinski definition) is 2. The van der Waals surface area contributed by atoms with Gasteiger partial charge in [-0.15, -0.1) is 0 Å². The molecule has 0 bridgehead atoms. The number of carboxylic acids is 1. The lowest BCUT2D eigenvalue weighted by atomic mass is 10.1. The van der Waals surface area contributed by atoms with Gasteiger partial charge in [-0.1, -0.05) is 15.9 Å². The van der Waals surface area contributed by atoms with Gasteiger partial charge in [-0.25, -0.2) is 14.4 Å². The molecule has 0 spiro atoms. The highest BCUT2D eigenvalue weighted by atomic mass is 79.9. The quantitative estimate of drug-likeness (QED) is 0.131. The summed E-state index contributed by atoms with van der Waals surface area (Å²) in [6.45, 7) is 17.2. The lowest BCUT2D eigenvalue weighted by Gasteiger charge is -2.19. The van der Waals surface area contributed by atoms with Crippen LogP contribution in [0.25, 0.3) is 0 Å². The zero-order chi connectivity index (χ0) is 46.1. The molecule has 3 aromatic rings. The number of carboxylic acid groups (broad SMARTS) is 1. The summed E-state index contributed by atoms with van der Waals surface area (Å²) in [6.07, 6.45) is 6.19. The summed E-state index contributed by atoms with van der Waals surface area (Å²) in [5.74, 6) is 0.724. The van der Waals surface area contributed by atoms with Gasteiger partial charge in [-0.2, -0.15) is 15.3 Å². The van der Waals surface area contributed by atoms with Crippen molar-refractivity contribution in [2.24, 2.45) is 17.8 Å². The molecule has 344 valence electrons. The Kier molecular flexibility index (Phi) is 14.3. The third kappa shape index (κ3) is 11.4. The zero-order valence-electron chi connectivity index (χ0n) is 37.5. The summed E-state index contributed by atoms with van der Waals surface area (Å²) in [4.78, 5) is 68.8. The van der Waals surface area contributed by atoms with Crippen LogP contribution in [-0.4, -0.2) is 107 Å². The number of nitrogens with one attached hydrogen (secondary N) is 1. The largest absolute Gasteiger partial charge is 0.480 e. The van der Waals surface area contributed by atoms with Crippen molar-refractivity contribution in [1.29, 1.82) is 0 Å². The number of halogens is 1. The number of fused-ring (bicyclic) bond motifs is 9. The molecule has 3 aromatic heterocycles. The molecular formula is C44H59BrN6O12. The molecule has 6 atom stereocenters. The topological polar surface area (TPSA) is 233 Å². The first kappa shape index (κ1) is 47.4. The monoisotopic (exact) mass is 942 g/mol. The molecule has 0 unspecified atom stereocenters. The average Bonchev–Trinajstić information content (AvgIpc) is 4.04. The van der Waals surface area contributed by atoms with Crippen LogP contribution in [0.1, 0.15) is 165 Å². The number of aromatic amines is 1. The molecule has 3 heterocycles. The Morgan fingerprint density at radius 3 is 1.46 bits per heavy atom. The van der Waals surface area contributed by atoms with E-state index >= 15 is 0 Å². The Morgan fingerprint density at radius 2 is 1.05 bits per heavy atom. The molecule has 9 rings (SSSR count). The van der Waals surface area contributed by atoms with E-state index in [4.69, 9.17) is 28.8 Å². The number of ether oxygens (including phenoxy) is 5. The Morgan fingerprint density at radius 1 is 0.635 bits per heavy atom. The molecular weight excluding hydrogens is 884 g/mol. The predicted molar refractivity (Wildman–Crippen MR) is 228 cm³/mol. The lowest BCUT2D eigenvalue weighted by molar-refractivity contribution is -0.156. The number of carbonyl (C=O) groups is 6. The standard InChI is InChI=1S/C16H22N2O4.C12H14N2O4.C10H12N2O2.C6H11BrO2/c1-5-21-15(20)14-13-10-6-9(10)7-11(13)18(17-14)8-12(19)22-16(2,3)4;1-2-18-12(17)11-10-7-3-6(7)4-8(10)14(13-11)5-9(15)16;1-2-14-10(13)9-8-6-3-5(6)4-7(8)11-12-9;1-6(2,3)9-5(8)4-7/h9-10H,5-8H2,1-4H3;6-7H,2-5H2,1H3,(H,15,16);5-6H,2-4H2,1H3,(H,11,12);4H2,1-3H3/t9-,10-;6-,7-;5-,6-;/m111./s1. The molecule has 3 saturated carbocycles.